The van der Waals surface area contributed by atoms with E-state index in [1.165, 1.54) is 5.56 Å². The first-order valence-electron chi connectivity index (χ1n) is 4.67. The zero-order valence-corrected chi connectivity index (χ0v) is 10.6. The molecule has 76 valence electrons. The maximum atomic E-state index is 10.8. The molecule has 0 saturated heterocycles. The summed E-state index contributed by atoms with van der Waals surface area (Å²) in [4.78, 5) is 10.8. The fraction of sp³-hybridized carbons (Fsp3) is 0.364. The second-order valence-electron chi connectivity index (χ2n) is 4.71. The highest BCUT2D eigenvalue weighted by Gasteiger charge is 2.13. The fourth-order valence-electron chi connectivity index (χ4n) is 1.37. The average Bonchev–Trinajstić information content (AvgIpc) is 2.02. The molecule has 0 heterocycles. The smallest absolute Gasteiger partial charge is 0.252 e. The second kappa shape index (κ2) is 4.28. The molecule has 0 aliphatic heterocycles. The van der Waals surface area contributed by atoms with Gasteiger partial charge in [-0.15, -0.1) is 0 Å². The topological polar surface area (TPSA) is 17.1 Å². The largest absolute Gasteiger partial charge is 0.276 e. The molecule has 3 heteroatoms. The monoisotopic (exact) mass is 226 g/mol. The summed E-state index contributed by atoms with van der Waals surface area (Å²) in [6.07, 6.45) is 0. The van der Waals surface area contributed by atoms with Crippen LogP contribution in [0.5, 0.6) is 0 Å². The molecule has 0 N–H and O–H groups in total. The summed E-state index contributed by atoms with van der Waals surface area (Å²) in [5.41, 5.74) is 1.87. The molecule has 0 atom stereocenters. The van der Waals surface area contributed by atoms with Gasteiger partial charge < -0.3 is 0 Å². The third-order valence-corrected chi connectivity index (χ3v) is 3.60. The van der Waals surface area contributed by atoms with Gasteiger partial charge in [-0.25, -0.2) is 0 Å². The molecule has 1 aromatic carbocycles. The lowest BCUT2D eigenvalue weighted by molar-refractivity contribution is 0.108. The standard InChI is InChI=1S/C11H15ClOSi/c1-14(2,3)8-9-4-6-10(7-5-9)11(12)13/h4-7H,8H2,1-3H3. The summed E-state index contributed by atoms with van der Waals surface area (Å²) in [6.45, 7) is 6.98. The van der Waals surface area contributed by atoms with Crippen LogP contribution < -0.4 is 0 Å². The molecule has 0 radical (unpaired) electrons. The molecular formula is C11H15ClOSi. The van der Waals surface area contributed by atoms with Crippen LogP contribution in [0.3, 0.4) is 0 Å². The molecule has 0 fully saturated rings. The highest BCUT2D eigenvalue weighted by Crippen LogP contribution is 2.13. The predicted molar refractivity (Wildman–Crippen MR) is 63.7 cm³/mol. The van der Waals surface area contributed by atoms with Gasteiger partial charge in [0.1, 0.15) is 0 Å². The number of hydrogen-bond donors (Lipinski definition) is 0. The molecule has 1 nitrogen and oxygen atoms in total. The summed E-state index contributed by atoms with van der Waals surface area (Å²) in [5.74, 6) is 0. The molecule has 1 rings (SSSR count). The van der Waals surface area contributed by atoms with Crippen LogP contribution in [-0.4, -0.2) is 13.3 Å². The fourth-order valence-corrected chi connectivity index (χ4v) is 2.95. The van der Waals surface area contributed by atoms with Crippen LogP contribution in [0.4, 0.5) is 0 Å². The lowest BCUT2D eigenvalue weighted by atomic mass is 10.2. The second-order valence-corrected chi connectivity index (χ2v) is 10.5. The lowest BCUT2D eigenvalue weighted by Gasteiger charge is -2.15. The van der Waals surface area contributed by atoms with E-state index in [1.54, 1.807) is 12.1 Å². The number of benzene rings is 1. The molecule has 14 heavy (non-hydrogen) atoms. The Kier molecular flexibility index (Phi) is 3.51. The van der Waals surface area contributed by atoms with Crippen LogP contribution in [0.1, 0.15) is 15.9 Å². The molecule has 0 spiro atoms. The molecule has 0 aliphatic carbocycles. The van der Waals surface area contributed by atoms with E-state index >= 15 is 0 Å². The molecular weight excluding hydrogens is 212 g/mol. The third-order valence-electron chi connectivity index (χ3n) is 1.92. The van der Waals surface area contributed by atoms with Crippen molar-refractivity contribution < 1.29 is 4.79 Å². The van der Waals surface area contributed by atoms with Crippen LogP contribution >= 0.6 is 11.6 Å². The van der Waals surface area contributed by atoms with Crippen molar-refractivity contribution in [1.29, 1.82) is 0 Å². The Labute approximate surface area is 91.1 Å². The van der Waals surface area contributed by atoms with Gasteiger partial charge in [0.2, 0.25) is 0 Å². The van der Waals surface area contributed by atoms with E-state index in [0.29, 0.717) is 5.56 Å². The van der Waals surface area contributed by atoms with Gasteiger partial charge in [-0.05, 0) is 29.8 Å². The van der Waals surface area contributed by atoms with Crippen LogP contribution in [-0.2, 0) is 6.04 Å². The van der Waals surface area contributed by atoms with Crippen molar-refractivity contribution in [2.75, 3.05) is 0 Å². The Hall–Kier alpha value is -0.603. The summed E-state index contributed by atoms with van der Waals surface area (Å²) in [6, 6.07) is 8.72. The first kappa shape index (κ1) is 11.5. The third kappa shape index (κ3) is 3.64. The van der Waals surface area contributed by atoms with Crippen molar-refractivity contribution in [3.05, 3.63) is 35.4 Å². The Morgan fingerprint density at radius 3 is 2.07 bits per heavy atom. The van der Waals surface area contributed by atoms with E-state index in [2.05, 4.69) is 19.6 Å². The van der Waals surface area contributed by atoms with E-state index in [9.17, 15) is 4.79 Å². The lowest BCUT2D eigenvalue weighted by Crippen LogP contribution is -2.23. The first-order chi connectivity index (χ1) is 6.38. The summed E-state index contributed by atoms with van der Waals surface area (Å²) in [5, 5.41) is -0.385. The van der Waals surface area contributed by atoms with Gasteiger partial charge in [0.15, 0.2) is 0 Å². The minimum absolute atomic E-state index is 0.385. The summed E-state index contributed by atoms with van der Waals surface area (Å²) < 4.78 is 0. The van der Waals surface area contributed by atoms with Crippen LogP contribution in [0.2, 0.25) is 19.6 Å². The number of halogens is 1. The molecule has 0 bridgehead atoms. The predicted octanol–water partition coefficient (Wildman–Crippen LogP) is 3.49. The Morgan fingerprint density at radius 1 is 1.21 bits per heavy atom. The van der Waals surface area contributed by atoms with Crippen LogP contribution in [0.25, 0.3) is 0 Å². The van der Waals surface area contributed by atoms with Crippen molar-refractivity contribution in [1.82, 2.24) is 0 Å². The molecule has 0 unspecified atom stereocenters. The maximum Gasteiger partial charge on any atom is 0.252 e. The minimum atomic E-state index is -1.06. The Balaban J connectivity index is 2.79. The molecule has 0 aliphatic rings. The van der Waals surface area contributed by atoms with E-state index in [1.807, 2.05) is 12.1 Å². The van der Waals surface area contributed by atoms with Crippen LogP contribution in [0.15, 0.2) is 24.3 Å². The number of carbonyl (C=O) groups is 1. The van der Waals surface area contributed by atoms with E-state index in [-0.39, 0.29) is 5.24 Å². The van der Waals surface area contributed by atoms with Crippen molar-refractivity contribution >= 4 is 24.9 Å². The normalized spacial score (nSPS) is 11.4. The average molecular weight is 227 g/mol. The van der Waals surface area contributed by atoms with Gasteiger partial charge in [0.05, 0.1) is 0 Å². The highest BCUT2D eigenvalue weighted by atomic mass is 35.5. The van der Waals surface area contributed by atoms with E-state index < -0.39 is 8.07 Å². The molecule has 1 aromatic rings. The van der Waals surface area contributed by atoms with Gasteiger partial charge in [0, 0.05) is 13.6 Å². The van der Waals surface area contributed by atoms with Gasteiger partial charge >= 0.3 is 0 Å². The van der Waals surface area contributed by atoms with Gasteiger partial charge in [-0.2, -0.15) is 0 Å². The quantitative estimate of drug-likeness (QED) is 0.570. The Morgan fingerprint density at radius 2 is 1.71 bits per heavy atom. The van der Waals surface area contributed by atoms with Gasteiger partial charge in [0.25, 0.3) is 5.24 Å². The summed E-state index contributed by atoms with van der Waals surface area (Å²) in [7, 11) is -1.06. The SMILES string of the molecule is C[Si](C)(C)Cc1ccc(C(=O)Cl)cc1. The van der Waals surface area contributed by atoms with E-state index in [4.69, 9.17) is 11.6 Å². The van der Waals surface area contributed by atoms with Crippen molar-refractivity contribution in [2.24, 2.45) is 0 Å². The molecule has 0 amide bonds. The maximum absolute atomic E-state index is 10.8. The Bertz CT molecular complexity index is 324. The zero-order valence-electron chi connectivity index (χ0n) is 8.80. The van der Waals surface area contributed by atoms with Gasteiger partial charge in [-0.3, -0.25) is 4.79 Å². The van der Waals surface area contributed by atoms with E-state index in [0.717, 1.165) is 6.04 Å². The zero-order chi connectivity index (χ0) is 10.8. The van der Waals surface area contributed by atoms with Crippen molar-refractivity contribution in [3.63, 3.8) is 0 Å². The van der Waals surface area contributed by atoms with Gasteiger partial charge in [-0.1, -0.05) is 37.3 Å². The van der Waals surface area contributed by atoms with Crippen LogP contribution in [0, 0.1) is 0 Å². The molecule has 0 saturated carbocycles. The number of carbonyl (C=O) groups excluding carboxylic acids is 1. The molecule has 0 aromatic heterocycles. The van der Waals surface area contributed by atoms with Crippen molar-refractivity contribution in [3.8, 4) is 0 Å². The highest BCUT2D eigenvalue weighted by molar-refractivity contribution is 6.75. The number of rotatable bonds is 3. The van der Waals surface area contributed by atoms with Crippen molar-refractivity contribution in [2.45, 2.75) is 25.7 Å². The summed E-state index contributed by atoms with van der Waals surface area (Å²) >= 11 is 5.36. The first-order valence-corrected chi connectivity index (χ1v) is 8.76. The minimum Gasteiger partial charge on any atom is -0.276 e. The number of hydrogen-bond acceptors (Lipinski definition) is 1.